The number of carboxylic acids is 1. The number of aliphatic hydroxyl groups excluding tert-OH is 1. The molecule has 0 unspecified atom stereocenters. The van der Waals surface area contributed by atoms with E-state index in [-0.39, 0.29) is 24.5 Å². The number of aromatic amines is 1. The molecule has 0 spiro atoms. The van der Waals surface area contributed by atoms with Crippen molar-refractivity contribution in [3.8, 4) is 11.4 Å². The van der Waals surface area contributed by atoms with Crippen molar-refractivity contribution >= 4 is 29.4 Å². The predicted molar refractivity (Wildman–Crippen MR) is 120 cm³/mol. The third-order valence-electron chi connectivity index (χ3n) is 4.95. The lowest BCUT2D eigenvalue weighted by Crippen LogP contribution is -2.44. The zero-order chi connectivity index (χ0) is 21.8. The van der Waals surface area contributed by atoms with Gasteiger partial charge >= 0.3 is 5.97 Å². The van der Waals surface area contributed by atoms with Crippen LogP contribution < -0.4 is 10.9 Å². The van der Waals surface area contributed by atoms with Crippen LogP contribution in [0, 0.1) is 6.92 Å². The second kappa shape index (κ2) is 10.5. The van der Waals surface area contributed by atoms with Gasteiger partial charge in [-0.2, -0.15) is 0 Å². The monoisotopic (exact) mass is 450 g/mol. The Hall–Kier alpha value is -2.72. The molecule has 2 atom stereocenters. The Labute approximate surface area is 185 Å². The molecule has 10 heteroatoms. The van der Waals surface area contributed by atoms with Crippen LogP contribution in [-0.4, -0.2) is 56.6 Å². The molecule has 168 valence electrons. The Balaban J connectivity index is 0.00000341. The minimum absolute atomic E-state index is 0. The molecule has 0 saturated heterocycles. The number of carboxylic acid groups (broad SMARTS) is 1. The van der Waals surface area contributed by atoms with E-state index in [4.69, 9.17) is 9.72 Å². The number of imidazole rings is 1. The van der Waals surface area contributed by atoms with Gasteiger partial charge in [0.1, 0.15) is 11.9 Å². The van der Waals surface area contributed by atoms with Gasteiger partial charge in [0.2, 0.25) is 0 Å². The number of pyridine rings is 1. The number of nitrogens with zero attached hydrogens (tertiary/aromatic N) is 2. The van der Waals surface area contributed by atoms with E-state index in [9.17, 15) is 19.8 Å². The number of aliphatic carboxylic acids is 1. The average molecular weight is 451 g/mol. The number of aliphatic hydroxyl groups is 1. The minimum Gasteiger partial charge on any atom is -0.480 e. The van der Waals surface area contributed by atoms with Gasteiger partial charge in [-0.15, -0.1) is 12.4 Å². The third-order valence-corrected chi connectivity index (χ3v) is 4.95. The number of methoxy groups -OCH3 is 1. The number of aromatic nitrogens is 3. The van der Waals surface area contributed by atoms with Crippen molar-refractivity contribution in [3.05, 3.63) is 51.9 Å². The zero-order valence-electron chi connectivity index (χ0n) is 17.6. The molecule has 0 radical (unpaired) electrons. The molecule has 0 fully saturated rings. The maximum atomic E-state index is 11.7. The number of aryl methyl sites for hydroxylation is 1. The van der Waals surface area contributed by atoms with Gasteiger partial charge in [-0.1, -0.05) is 6.07 Å². The molecule has 31 heavy (non-hydrogen) atoms. The molecule has 0 aliphatic carbocycles. The Morgan fingerprint density at radius 2 is 2.10 bits per heavy atom. The quantitative estimate of drug-likeness (QED) is 0.390. The summed E-state index contributed by atoms with van der Waals surface area (Å²) in [5.74, 6) is -0.399. The zero-order valence-corrected chi connectivity index (χ0v) is 18.4. The lowest BCUT2D eigenvalue weighted by atomic mass is 10.1. The maximum absolute atomic E-state index is 11.7. The number of rotatable bonds is 9. The smallest absolute Gasteiger partial charge is 0.323 e. The molecule has 4 N–H and O–H groups in total. The Kier molecular flexibility index (Phi) is 8.35. The van der Waals surface area contributed by atoms with Crippen LogP contribution >= 0.6 is 12.4 Å². The molecule has 0 bridgehead atoms. The first-order valence-electron chi connectivity index (χ1n) is 9.64. The van der Waals surface area contributed by atoms with Gasteiger partial charge in [-0.05, 0) is 37.6 Å². The van der Waals surface area contributed by atoms with Crippen molar-refractivity contribution in [2.75, 3.05) is 13.7 Å². The van der Waals surface area contributed by atoms with E-state index in [2.05, 4.69) is 10.3 Å². The average Bonchev–Trinajstić information content (AvgIpc) is 3.05. The highest BCUT2D eigenvalue weighted by Gasteiger charge is 2.22. The molecule has 0 aliphatic heterocycles. The molecule has 2 aromatic heterocycles. The van der Waals surface area contributed by atoms with E-state index in [1.807, 2.05) is 22.8 Å². The van der Waals surface area contributed by atoms with Crippen LogP contribution in [0.1, 0.15) is 18.1 Å². The molecule has 0 amide bonds. The van der Waals surface area contributed by atoms with E-state index in [1.54, 1.807) is 26.3 Å². The first kappa shape index (κ1) is 24.5. The van der Waals surface area contributed by atoms with E-state index in [0.29, 0.717) is 24.5 Å². The van der Waals surface area contributed by atoms with Crippen LogP contribution in [0.3, 0.4) is 0 Å². The molecule has 2 heterocycles. The van der Waals surface area contributed by atoms with Crippen LogP contribution in [0.15, 0.2) is 35.3 Å². The number of hydrogen-bond acceptors (Lipinski definition) is 6. The van der Waals surface area contributed by atoms with Crippen molar-refractivity contribution in [2.24, 2.45) is 0 Å². The molecular weight excluding hydrogens is 424 g/mol. The van der Waals surface area contributed by atoms with E-state index < -0.39 is 18.1 Å². The summed E-state index contributed by atoms with van der Waals surface area (Å²) in [5, 5.41) is 21.7. The highest BCUT2D eigenvalue weighted by molar-refractivity contribution is 5.85. The van der Waals surface area contributed by atoms with Crippen molar-refractivity contribution in [3.63, 3.8) is 0 Å². The maximum Gasteiger partial charge on any atom is 0.323 e. The van der Waals surface area contributed by atoms with Gasteiger partial charge in [-0.3, -0.25) is 14.9 Å². The standard InChI is InChI=1S/C21H26N4O5.ClH/c1-12-8-15(11-23-20(12)27)19-24-16-9-14(10-22-18(13(2)26)21(28)29)4-5-17(16)25(19)6-7-30-3;/h4-5,8-9,11,13,18,22,26H,6-7,10H2,1-3H3,(H,23,27)(H,28,29);1H/t13-,18+;/m1./s1. The first-order chi connectivity index (χ1) is 14.3. The van der Waals surface area contributed by atoms with E-state index >= 15 is 0 Å². The second-order valence-corrected chi connectivity index (χ2v) is 7.24. The molecule has 0 aliphatic rings. The van der Waals surface area contributed by atoms with Crippen LogP contribution in [-0.2, 0) is 22.6 Å². The Morgan fingerprint density at radius 3 is 2.71 bits per heavy atom. The summed E-state index contributed by atoms with van der Waals surface area (Å²) >= 11 is 0. The number of fused-ring (bicyclic) bond motifs is 1. The third kappa shape index (κ3) is 5.50. The fourth-order valence-electron chi connectivity index (χ4n) is 3.33. The van der Waals surface area contributed by atoms with E-state index in [0.717, 1.165) is 22.2 Å². The van der Waals surface area contributed by atoms with Crippen molar-refractivity contribution in [2.45, 2.75) is 39.1 Å². The van der Waals surface area contributed by atoms with Crippen LogP contribution in [0.25, 0.3) is 22.4 Å². The lowest BCUT2D eigenvalue weighted by molar-refractivity contribution is -0.142. The van der Waals surface area contributed by atoms with Crippen LogP contribution in [0.5, 0.6) is 0 Å². The molecular formula is C21H27ClN4O5. The number of nitrogens with one attached hydrogen (secondary N) is 2. The number of hydrogen-bond donors (Lipinski definition) is 4. The molecule has 3 rings (SSSR count). The summed E-state index contributed by atoms with van der Waals surface area (Å²) in [7, 11) is 1.63. The minimum atomic E-state index is -1.11. The summed E-state index contributed by atoms with van der Waals surface area (Å²) in [6, 6.07) is 6.44. The van der Waals surface area contributed by atoms with Gasteiger partial charge in [0.15, 0.2) is 0 Å². The Bertz CT molecular complexity index is 1110. The largest absolute Gasteiger partial charge is 0.480 e. The van der Waals surface area contributed by atoms with Crippen LogP contribution in [0.2, 0.25) is 0 Å². The fraction of sp³-hybridized carbons (Fsp3) is 0.381. The number of benzene rings is 1. The van der Waals surface area contributed by atoms with Gasteiger partial charge in [0.05, 0.1) is 23.7 Å². The summed E-state index contributed by atoms with van der Waals surface area (Å²) in [6.07, 6.45) is 0.622. The van der Waals surface area contributed by atoms with Crippen molar-refractivity contribution in [1.82, 2.24) is 19.9 Å². The highest BCUT2D eigenvalue weighted by atomic mass is 35.5. The molecule has 3 aromatic rings. The number of ether oxygens (including phenoxy) is 1. The first-order valence-corrected chi connectivity index (χ1v) is 9.64. The van der Waals surface area contributed by atoms with Crippen molar-refractivity contribution in [1.29, 1.82) is 0 Å². The molecule has 1 aromatic carbocycles. The van der Waals surface area contributed by atoms with Gasteiger partial charge in [0, 0.05) is 37.5 Å². The SMILES string of the molecule is COCCn1c(-c2c[nH]c(=O)c(C)c2)nc2cc(CN[C@H](C(=O)O)[C@@H](C)O)ccc21.Cl. The summed E-state index contributed by atoms with van der Waals surface area (Å²) < 4.78 is 7.26. The summed E-state index contributed by atoms with van der Waals surface area (Å²) in [4.78, 5) is 30.5. The number of carbonyl (C=O) groups is 1. The van der Waals surface area contributed by atoms with Gasteiger partial charge < -0.3 is 24.5 Å². The molecule has 9 nitrogen and oxygen atoms in total. The summed E-state index contributed by atoms with van der Waals surface area (Å²) in [6.45, 7) is 4.54. The number of H-pyrrole nitrogens is 1. The topological polar surface area (TPSA) is 129 Å². The second-order valence-electron chi connectivity index (χ2n) is 7.24. The molecule has 0 saturated carbocycles. The summed E-state index contributed by atoms with van der Waals surface area (Å²) in [5.41, 5.74) is 3.74. The van der Waals surface area contributed by atoms with Gasteiger partial charge in [-0.25, -0.2) is 4.98 Å². The predicted octanol–water partition coefficient (Wildman–Crippen LogP) is 1.69. The van der Waals surface area contributed by atoms with Crippen LogP contribution in [0.4, 0.5) is 0 Å². The highest BCUT2D eigenvalue weighted by Crippen LogP contribution is 2.25. The lowest BCUT2D eigenvalue weighted by Gasteiger charge is -2.17. The van der Waals surface area contributed by atoms with Crippen molar-refractivity contribution < 1.29 is 19.7 Å². The normalized spacial score (nSPS) is 13.0. The van der Waals surface area contributed by atoms with Gasteiger partial charge in [0.25, 0.3) is 5.56 Å². The Morgan fingerprint density at radius 1 is 1.35 bits per heavy atom. The van der Waals surface area contributed by atoms with E-state index in [1.165, 1.54) is 6.92 Å². The fourth-order valence-corrected chi connectivity index (χ4v) is 3.33. The number of halogens is 1.